The molecule has 1 saturated heterocycles. The lowest BCUT2D eigenvalue weighted by Crippen LogP contribution is -2.43. The van der Waals surface area contributed by atoms with Crippen LogP contribution in [-0.4, -0.2) is 47.0 Å². The maximum atomic E-state index is 13.8. The van der Waals surface area contributed by atoms with Gasteiger partial charge in [-0.25, -0.2) is 9.45 Å². The second kappa shape index (κ2) is 9.30. The molecule has 0 unspecified atom stereocenters. The lowest BCUT2D eigenvalue weighted by molar-refractivity contribution is -0.165. The van der Waals surface area contributed by atoms with E-state index in [0.29, 0.717) is 51.8 Å². The number of nitrogens with zero attached hydrogens (tertiary/aromatic N) is 1. The molecular weight excluding hydrogens is 451 g/mol. The van der Waals surface area contributed by atoms with Gasteiger partial charge in [-0.1, -0.05) is 19.3 Å². The molecule has 1 saturated carbocycles. The second-order valence-corrected chi connectivity index (χ2v) is 9.59. The highest BCUT2D eigenvalue weighted by atomic mass is 19.1. The number of aromatic nitrogens is 1. The van der Waals surface area contributed by atoms with E-state index in [2.05, 4.69) is 15.6 Å². The van der Waals surface area contributed by atoms with E-state index in [9.17, 15) is 18.8 Å². The Labute approximate surface area is 202 Å². The minimum Gasteiger partial charge on any atom is -0.358 e. The third-order valence-electron chi connectivity index (χ3n) is 7.15. The quantitative estimate of drug-likeness (QED) is 0.568. The molecule has 2 fully saturated rings. The summed E-state index contributed by atoms with van der Waals surface area (Å²) in [5, 5.41) is 6.94. The minimum atomic E-state index is -0.739. The van der Waals surface area contributed by atoms with Crippen LogP contribution in [0, 0.1) is 25.6 Å². The van der Waals surface area contributed by atoms with Gasteiger partial charge in [0.2, 0.25) is 0 Å². The van der Waals surface area contributed by atoms with Gasteiger partial charge in [0, 0.05) is 22.6 Å². The zero-order chi connectivity index (χ0) is 24.7. The van der Waals surface area contributed by atoms with Crippen LogP contribution in [0.5, 0.6) is 0 Å². The SMILES string of the molecule is Cc1[nH]c(/C=C2\C(=O)Nc3ccc(F)cc32)c(C)c1C(=O)N[C@H]1CON(CC2CCCCC2)C1=O. The van der Waals surface area contributed by atoms with Crippen molar-refractivity contribution in [2.24, 2.45) is 5.92 Å². The number of carbonyl (C=O) groups excluding carboxylic acids is 3. The first kappa shape index (κ1) is 23.3. The Kier molecular flexibility index (Phi) is 6.19. The number of aryl methyl sites for hydroxylation is 1. The number of nitrogens with one attached hydrogen (secondary N) is 3. The molecule has 3 N–H and O–H groups in total. The lowest BCUT2D eigenvalue weighted by Gasteiger charge is -2.25. The molecular formula is C26H29FN4O4. The summed E-state index contributed by atoms with van der Waals surface area (Å²) in [5.74, 6) is -0.942. The maximum Gasteiger partial charge on any atom is 0.271 e. The number of amides is 3. The Morgan fingerprint density at radius 2 is 2.00 bits per heavy atom. The molecule has 3 aliphatic rings. The van der Waals surface area contributed by atoms with E-state index < -0.39 is 11.9 Å². The van der Waals surface area contributed by atoms with Crippen LogP contribution < -0.4 is 10.6 Å². The van der Waals surface area contributed by atoms with Gasteiger partial charge in [0.05, 0.1) is 17.7 Å². The average molecular weight is 481 g/mol. The zero-order valence-corrected chi connectivity index (χ0v) is 19.9. The van der Waals surface area contributed by atoms with Crippen LogP contribution in [0.15, 0.2) is 18.2 Å². The zero-order valence-electron chi connectivity index (χ0n) is 19.9. The predicted molar refractivity (Wildman–Crippen MR) is 129 cm³/mol. The Hall–Kier alpha value is -3.46. The number of hydroxylamine groups is 2. The molecule has 2 aromatic rings. The molecule has 1 aromatic carbocycles. The van der Waals surface area contributed by atoms with Crippen molar-refractivity contribution < 1.29 is 23.6 Å². The highest BCUT2D eigenvalue weighted by molar-refractivity contribution is 6.34. The minimum absolute atomic E-state index is 0.110. The number of fused-ring (bicyclic) bond motifs is 1. The molecule has 0 bridgehead atoms. The molecule has 35 heavy (non-hydrogen) atoms. The van der Waals surface area contributed by atoms with Crippen molar-refractivity contribution in [3.05, 3.63) is 52.1 Å². The summed E-state index contributed by atoms with van der Waals surface area (Å²) in [7, 11) is 0. The first-order valence-corrected chi connectivity index (χ1v) is 12.1. The molecule has 1 atom stereocenters. The maximum absolute atomic E-state index is 13.8. The summed E-state index contributed by atoms with van der Waals surface area (Å²) < 4.78 is 13.8. The Bertz CT molecular complexity index is 1230. The second-order valence-electron chi connectivity index (χ2n) is 9.59. The van der Waals surface area contributed by atoms with E-state index in [1.807, 2.05) is 0 Å². The Balaban J connectivity index is 1.31. The number of anilines is 1. The molecule has 9 heteroatoms. The molecule has 5 rings (SSSR count). The topological polar surface area (TPSA) is 104 Å². The van der Waals surface area contributed by atoms with Gasteiger partial charge in [-0.2, -0.15) is 0 Å². The first-order valence-electron chi connectivity index (χ1n) is 12.1. The van der Waals surface area contributed by atoms with E-state index in [1.54, 1.807) is 19.9 Å². The summed E-state index contributed by atoms with van der Waals surface area (Å²) in [4.78, 5) is 47.2. The van der Waals surface area contributed by atoms with E-state index in [1.165, 1.54) is 42.5 Å². The van der Waals surface area contributed by atoms with Crippen molar-refractivity contribution in [2.45, 2.75) is 52.0 Å². The fraction of sp³-hybridized carbons (Fsp3) is 0.423. The summed E-state index contributed by atoms with van der Waals surface area (Å²) in [6.07, 6.45) is 7.42. The monoisotopic (exact) mass is 480 g/mol. The highest BCUT2D eigenvalue weighted by Crippen LogP contribution is 2.34. The molecule has 3 amide bonds. The lowest BCUT2D eigenvalue weighted by atomic mass is 9.89. The number of H-pyrrole nitrogens is 1. The third kappa shape index (κ3) is 4.48. The van der Waals surface area contributed by atoms with Crippen molar-refractivity contribution >= 4 is 35.1 Å². The van der Waals surface area contributed by atoms with Crippen LogP contribution in [0.4, 0.5) is 10.1 Å². The number of rotatable bonds is 5. The molecule has 0 spiro atoms. The van der Waals surface area contributed by atoms with Crippen LogP contribution in [0.1, 0.15) is 65.0 Å². The van der Waals surface area contributed by atoms with Crippen LogP contribution in [-0.2, 0) is 14.4 Å². The summed E-state index contributed by atoms with van der Waals surface area (Å²) in [6.45, 7) is 4.20. The number of aromatic amines is 1. The molecule has 1 aromatic heterocycles. The molecule has 3 heterocycles. The number of halogens is 1. The Morgan fingerprint density at radius 3 is 2.77 bits per heavy atom. The van der Waals surface area contributed by atoms with Crippen LogP contribution in [0.25, 0.3) is 11.6 Å². The third-order valence-corrected chi connectivity index (χ3v) is 7.15. The smallest absolute Gasteiger partial charge is 0.271 e. The van der Waals surface area contributed by atoms with Gasteiger partial charge >= 0.3 is 0 Å². The van der Waals surface area contributed by atoms with Crippen LogP contribution in [0.3, 0.4) is 0 Å². The normalized spacial score (nSPS) is 21.5. The molecule has 184 valence electrons. The number of benzene rings is 1. The average Bonchev–Trinajstić information content (AvgIpc) is 3.43. The van der Waals surface area contributed by atoms with Gasteiger partial charge in [-0.05, 0) is 62.4 Å². The van der Waals surface area contributed by atoms with Gasteiger partial charge < -0.3 is 15.6 Å². The van der Waals surface area contributed by atoms with E-state index >= 15 is 0 Å². The van der Waals surface area contributed by atoms with Gasteiger partial charge in [0.25, 0.3) is 17.7 Å². The molecule has 1 aliphatic carbocycles. The number of hydrogen-bond donors (Lipinski definition) is 3. The molecule has 0 radical (unpaired) electrons. The number of carbonyl (C=O) groups is 3. The van der Waals surface area contributed by atoms with Crippen LogP contribution >= 0.6 is 0 Å². The fourth-order valence-electron chi connectivity index (χ4n) is 5.26. The predicted octanol–water partition coefficient (Wildman–Crippen LogP) is 3.72. The largest absolute Gasteiger partial charge is 0.358 e. The van der Waals surface area contributed by atoms with Gasteiger partial charge in [-0.3, -0.25) is 19.2 Å². The van der Waals surface area contributed by atoms with Crippen molar-refractivity contribution in [3.8, 4) is 0 Å². The molecule has 2 aliphatic heterocycles. The summed E-state index contributed by atoms with van der Waals surface area (Å²) >= 11 is 0. The Morgan fingerprint density at radius 1 is 1.23 bits per heavy atom. The van der Waals surface area contributed by atoms with Crippen molar-refractivity contribution in [3.63, 3.8) is 0 Å². The standard InChI is InChI=1S/C26H29FN4O4/c1-14-21(11-19-18-10-17(27)8-9-20(18)29-24(19)32)28-15(2)23(14)25(33)30-22-13-35-31(26(22)34)12-16-6-4-3-5-7-16/h8-11,16,22,28H,3-7,12-13H2,1-2H3,(H,29,32)(H,30,33)/b19-11-/t22-/m0/s1. The van der Waals surface area contributed by atoms with E-state index in [4.69, 9.17) is 4.84 Å². The highest BCUT2D eigenvalue weighted by Gasteiger charge is 2.36. The van der Waals surface area contributed by atoms with E-state index in [0.717, 1.165) is 12.8 Å². The van der Waals surface area contributed by atoms with Gasteiger partial charge in [0.15, 0.2) is 0 Å². The summed E-state index contributed by atoms with van der Waals surface area (Å²) in [6, 6.07) is 3.38. The van der Waals surface area contributed by atoms with Crippen molar-refractivity contribution in [1.29, 1.82) is 0 Å². The fourth-order valence-corrected chi connectivity index (χ4v) is 5.26. The van der Waals surface area contributed by atoms with Crippen LogP contribution in [0.2, 0.25) is 0 Å². The van der Waals surface area contributed by atoms with Gasteiger partial charge in [-0.15, -0.1) is 0 Å². The van der Waals surface area contributed by atoms with Crippen molar-refractivity contribution in [2.75, 3.05) is 18.5 Å². The summed E-state index contributed by atoms with van der Waals surface area (Å²) in [5.41, 5.74) is 3.55. The van der Waals surface area contributed by atoms with Crippen molar-refractivity contribution in [1.82, 2.24) is 15.4 Å². The first-order chi connectivity index (χ1) is 16.8. The number of hydrogen-bond acceptors (Lipinski definition) is 4. The van der Waals surface area contributed by atoms with E-state index in [-0.39, 0.29) is 24.3 Å². The van der Waals surface area contributed by atoms with Gasteiger partial charge in [0.1, 0.15) is 18.5 Å². The molecule has 8 nitrogen and oxygen atoms in total.